The van der Waals surface area contributed by atoms with Crippen molar-refractivity contribution in [2.45, 2.75) is 5.33 Å². The fourth-order valence-corrected chi connectivity index (χ4v) is 4.46. The van der Waals surface area contributed by atoms with Gasteiger partial charge in [-0.25, -0.2) is 0 Å². The highest BCUT2D eigenvalue weighted by Crippen LogP contribution is 2.35. The highest BCUT2D eigenvalue weighted by Gasteiger charge is 2.08. The molecule has 0 spiro atoms. The highest BCUT2D eigenvalue weighted by molar-refractivity contribution is 14.1. The summed E-state index contributed by atoms with van der Waals surface area (Å²) in [5.74, 6) is 0. The lowest BCUT2D eigenvalue weighted by atomic mass is 10.2. The maximum absolute atomic E-state index is 3.62. The van der Waals surface area contributed by atoms with Gasteiger partial charge in [-0.15, -0.1) is 11.3 Å². The molecule has 0 bridgehead atoms. The Morgan fingerprint density at radius 2 is 2.23 bits per heavy atom. The Morgan fingerprint density at radius 1 is 1.46 bits per heavy atom. The lowest BCUT2D eigenvalue weighted by Crippen LogP contribution is -1.84. The lowest BCUT2D eigenvalue weighted by molar-refractivity contribution is 1.42. The van der Waals surface area contributed by atoms with Gasteiger partial charge in [-0.2, -0.15) is 0 Å². The monoisotopic (exact) mass is 430 g/mol. The van der Waals surface area contributed by atoms with Gasteiger partial charge >= 0.3 is 0 Å². The minimum Gasteiger partial charge on any atom is -0.143 e. The van der Waals surface area contributed by atoms with E-state index < -0.39 is 0 Å². The molecule has 0 aliphatic carbocycles. The Balaban J connectivity index is 2.83. The predicted octanol–water partition coefficient (Wildman–Crippen LogP) is 5.16. The maximum atomic E-state index is 3.62. The number of hydrogen-bond donors (Lipinski definition) is 0. The van der Waals surface area contributed by atoms with Crippen molar-refractivity contribution >= 4 is 75.9 Å². The number of alkyl halides is 1. The van der Waals surface area contributed by atoms with Crippen molar-refractivity contribution in [2.75, 3.05) is 0 Å². The van der Waals surface area contributed by atoms with Gasteiger partial charge in [-0.1, -0.05) is 15.9 Å². The Hall–Kier alpha value is 0.870. The summed E-state index contributed by atoms with van der Waals surface area (Å²) in [6.07, 6.45) is 0. The van der Waals surface area contributed by atoms with E-state index in [-0.39, 0.29) is 0 Å². The molecular weight excluding hydrogens is 427 g/mol. The fraction of sp³-hybridized carbons (Fsp3) is 0.111. The van der Waals surface area contributed by atoms with Crippen LogP contribution >= 0.6 is 65.8 Å². The summed E-state index contributed by atoms with van der Waals surface area (Å²) in [7, 11) is 0. The molecule has 0 atom stereocenters. The van der Waals surface area contributed by atoms with Crippen LogP contribution in [-0.4, -0.2) is 0 Å². The first-order valence-electron chi connectivity index (χ1n) is 3.64. The van der Waals surface area contributed by atoms with Gasteiger partial charge in [0.05, 0.1) is 0 Å². The van der Waals surface area contributed by atoms with Crippen LogP contribution in [0.5, 0.6) is 0 Å². The van der Waals surface area contributed by atoms with E-state index in [2.05, 4.69) is 72.0 Å². The van der Waals surface area contributed by atoms with E-state index in [1.807, 2.05) is 0 Å². The van der Waals surface area contributed by atoms with Crippen molar-refractivity contribution in [1.29, 1.82) is 0 Å². The molecule has 1 aromatic heterocycles. The minimum atomic E-state index is 0.898. The molecule has 0 aliphatic rings. The predicted molar refractivity (Wildman–Crippen MR) is 74.9 cm³/mol. The summed E-state index contributed by atoms with van der Waals surface area (Å²) in [6, 6.07) is 4.40. The van der Waals surface area contributed by atoms with Crippen LogP contribution in [0.15, 0.2) is 22.0 Å². The zero-order chi connectivity index (χ0) is 9.42. The third-order valence-electron chi connectivity index (χ3n) is 1.84. The number of rotatable bonds is 1. The van der Waals surface area contributed by atoms with Gasteiger partial charge < -0.3 is 0 Å². The van der Waals surface area contributed by atoms with Crippen molar-refractivity contribution in [3.63, 3.8) is 0 Å². The topological polar surface area (TPSA) is 0 Å². The average molecular weight is 432 g/mol. The van der Waals surface area contributed by atoms with Gasteiger partial charge in [-0.05, 0) is 67.0 Å². The van der Waals surface area contributed by atoms with Crippen LogP contribution in [-0.2, 0) is 5.33 Å². The first kappa shape index (κ1) is 10.4. The molecule has 0 unspecified atom stereocenters. The van der Waals surface area contributed by atoms with Crippen molar-refractivity contribution < 1.29 is 0 Å². The Kier molecular flexibility index (Phi) is 3.33. The molecule has 68 valence electrons. The molecule has 0 saturated heterocycles. The quantitative estimate of drug-likeness (QED) is 0.432. The van der Waals surface area contributed by atoms with Gasteiger partial charge in [0.2, 0.25) is 0 Å². The average Bonchev–Trinajstić information content (AvgIpc) is 2.59. The summed E-state index contributed by atoms with van der Waals surface area (Å²) in [6.45, 7) is 0. The lowest BCUT2D eigenvalue weighted by Gasteiger charge is -2.04. The van der Waals surface area contributed by atoms with Crippen molar-refractivity contribution in [1.82, 2.24) is 0 Å². The number of benzene rings is 1. The second-order valence-corrected chi connectivity index (χ2v) is 5.98. The largest absolute Gasteiger partial charge is 0.143 e. The van der Waals surface area contributed by atoms with E-state index >= 15 is 0 Å². The molecule has 0 nitrogen and oxygen atoms in total. The Bertz CT molecular complexity index is 450. The number of fused-ring (bicyclic) bond motifs is 1. The normalized spacial score (nSPS) is 11.0. The SMILES string of the molecule is BrCc1cc2ccsc2c(I)c1Br. The third kappa shape index (κ3) is 1.82. The summed E-state index contributed by atoms with van der Waals surface area (Å²) < 4.78 is 3.91. The fourth-order valence-electron chi connectivity index (χ4n) is 1.20. The van der Waals surface area contributed by atoms with Gasteiger partial charge in [-0.3, -0.25) is 0 Å². The van der Waals surface area contributed by atoms with Crippen molar-refractivity contribution in [2.24, 2.45) is 0 Å². The molecule has 4 heteroatoms. The zero-order valence-corrected chi connectivity index (χ0v) is 12.6. The van der Waals surface area contributed by atoms with Gasteiger partial charge in [0.25, 0.3) is 0 Å². The molecule has 13 heavy (non-hydrogen) atoms. The third-order valence-corrected chi connectivity index (χ3v) is 6.49. The van der Waals surface area contributed by atoms with Crippen molar-refractivity contribution in [3.8, 4) is 0 Å². The number of halogens is 3. The standard InChI is InChI=1S/C9H5Br2IS/c10-4-6-3-5-1-2-13-9(5)8(12)7(6)11/h1-3H,4H2. The number of thiophene rings is 1. The number of hydrogen-bond acceptors (Lipinski definition) is 1. The van der Waals surface area contributed by atoms with E-state index in [1.165, 1.54) is 23.7 Å². The molecular formula is C9H5Br2IS. The first-order chi connectivity index (χ1) is 6.24. The van der Waals surface area contributed by atoms with E-state index in [1.54, 1.807) is 11.3 Å². The molecule has 1 heterocycles. The van der Waals surface area contributed by atoms with Crippen LogP contribution in [0.25, 0.3) is 10.1 Å². The van der Waals surface area contributed by atoms with E-state index in [4.69, 9.17) is 0 Å². The maximum Gasteiger partial charge on any atom is 0.0487 e. The van der Waals surface area contributed by atoms with Crippen LogP contribution < -0.4 is 0 Å². The molecule has 0 amide bonds. The van der Waals surface area contributed by atoms with Crippen LogP contribution in [0.2, 0.25) is 0 Å². The summed E-state index contributed by atoms with van der Waals surface area (Å²) in [5, 5.41) is 4.37. The van der Waals surface area contributed by atoms with Gasteiger partial charge in [0.15, 0.2) is 0 Å². The second kappa shape index (κ2) is 4.16. The molecule has 0 aliphatic heterocycles. The van der Waals surface area contributed by atoms with E-state index in [0.717, 1.165) is 5.33 Å². The molecule has 1 aromatic carbocycles. The van der Waals surface area contributed by atoms with Gasteiger partial charge in [0, 0.05) is 18.1 Å². The van der Waals surface area contributed by atoms with Crippen LogP contribution in [0.4, 0.5) is 0 Å². The summed E-state index contributed by atoms with van der Waals surface area (Å²) >= 11 is 11.3. The summed E-state index contributed by atoms with van der Waals surface area (Å²) in [4.78, 5) is 0. The van der Waals surface area contributed by atoms with Crippen LogP contribution in [0, 0.1) is 3.57 Å². The van der Waals surface area contributed by atoms with Crippen LogP contribution in [0.3, 0.4) is 0 Å². The molecule has 0 fully saturated rings. The molecule has 2 rings (SSSR count). The first-order valence-corrected chi connectivity index (χ1v) is 7.51. The Labute approximate surface area is 111 Å². The van der Waals surface area contributed by atoms with Crippen LogP contribution in [0.1, 0.15) is 5.56 Å². The second-order valence-electron chi connectivity index (χ2n) is 2.64. The highest BCUT2D eigenvalue weighted by atomic mass is 127. The van der Waals surface area contributed by atoms with E-state index in [0.29, 0.717) is 0 Å². The molecule has 0 N–H and O–H groups in total. The molecule has 2 aromatic rings. The summed E-state index contributed by atoms with van der Waals surface area (Å²) in [5.41, 5.74) is 1.32. The Morgan fingerprint density at radius 3 is 2.92 bits per heavy atom. The van der Waals surface area contributed by atoms with E-state index in [9.17, 15) is 0 Å². The van der Waals surface area contributed by atoms with Crippen molar-refractivity contribution in [3.05, 3.63) is 31.1 Å². The zero-order valence-electron chi connectivity index (χ0n) is 6.48. The smallest absolute Gasteiger partial charge is 0.0487 e. The van der Waals surface area contributed by atoms with Gasteiger partial charge in [0.1, 0.15) is 0 Å². The molecule has 0 radical (unpaired) electrons. The molecule has 0 saturated carbocycles. The minimum absolute atomic E-state index is 0.898.